The van der Waals surface area contributed by atoms with Crippen LogP contribution in [0, 0.1) is 18.3 Å². The van der Waals surface area contributed by atoms with E-state index >= 15 is 0 Å². The molecular formula is C66H91F2N13O14S. The number of rotatable bonds is 34. The first-order chi connectivity index (χ1) is 46.0. The Hall–Kier alpha value is -7.95. The summed E-state index contributed by atoms with van der Waals surface area (Å²) < 4.78 is 33.9. The molecule has 0 aliphatic carbocycles. The van der Waals surface area contributed by atoms with Crippen LogP contribution in [0.15, 0.2) is 54.7 Å². The van der Waals surface area contributed by atoms with Gasteiger partial charge in [-0.25, -0.2) is 8.78 Å². The van der Waals surface area contributed by atoms with E-state index in [9.17, 15) is 77.3 Å². The average molecular weight is 1360 g/mol. The van der Waals surface area contributed by atoms with Crippen molar-refractivity contribution in [2.45, 2.75) is 106 Å². The normalized spacial score (nSPS) is 19.1. The van der Waals surface area contributed by atoms with Crippen LogP contribution < -0.4 is 20.7 Å². The molecule has 0 spiro atoms. The number of unbranched alkanes of at least 4 members (excludes halogenated alkanes) is 2. The number of thioether (sulfide) groups is 1. The number of fused-ring (bicyclic) bond motifs is 1. The largest absolute Gasteiger partial charge is 0.494 e. The van der Waals surface area contributed by atoms with Gasteiger partial charge >= 0.3 is 17.9 Å². The van der Waals surface area contributed by atoms with Gasteiger partial charge in [0.1, 0.15) is 11.8 Å². The molecule has 7 rings (SSSR count). The summed E-state index contributed by atoms with van der Waals surface area (Å²) in [5, 5.41) is 46.1. The van der Waals surface area contributed by atoms with Crippen molar-refractivity contribution in [2.24, 2.45) is 0 Å². The number of piperazine rings is 1. The van der Waals surface area contributed by atoms with E-state index in [4.69, 9.17) is 4.74 Å². The number of benzene rings is 2. The van der Waals surface area contributed by atoms with Gasteiger partial charge in [-0.3, -0.25) is 82.3 Å². The van der Waals surface area contributed by atoms with Gasteiger partial charge in [-0.05, 0) is 75.3 Å². The number of imide groups is 1. The molecule has 524 valence electrons. The fourth-order valence-corrected chi connectivity index (χ4v) is 13.5. The van der Waals surface area contributed by atoms with E-state index in [1.165, 1.54) is 40.1 Å². The van der Waals surface area contributed by atoms with Crippen molar-refractivity contribution in [3.8, 4) is 11.8 Å². The number of nitrogens with one attached hydrogen (secondary N) is 3. The Morgan fingerprint density at radius 3 is 1.95 bits per heavy atom. The van der Waals surface area contributed by atoms with Crippen LogP contribution in [0.25, 0.3) is 10.9 Å². The number of hydrogen-bond acceptors (Lipinski definition) is 19. The van der Waals surface area contributed by atoms with Crippen molar-refractivity contribution in [1.82, 2.24) is 60.1 Å². The number of likely N-dealkylation sites (tertiary alicyclic amines) is 2. The number of hydrogen-bond donors (Lipinski definition) is 6. The van der Waals surface area contributed by atoms with Crippen LogP contribution in [0.2, 0.25) is 0 Å². The first-order valence-corrected chi connectivity index (χ1v) is 34.0. The average Bonchev–Trinajstić information content (AvgIpc) is 1.15. The highest BCUT2D eigenvalue weighted by molar-refractivity contribution is 8.01. The van der Waals surface area contributed by atoms with Crippen molar-refractivity contribution < 1.29 is 76.8 Å². The van der Waals surface area contributed by atoms with E-state index in [2.05, 4.69) is 50.1 Å². The lowest BCUT2D eigenvalue weighted by Gasteiger charge is -2.34. The minimum atomic E-state index is -3.19. The lowest BCUT2D eigenvalue weighted by molar-refractivity contribution is -0.140. The number of pyridine rings is 1. The number of halogens is 2. The molecule has 2 aromatic carbocycles. The molecule has 4 aliphatic rings. The quantitative estimate of drug-likeness (QED) is 0.0369. The number of aromatic nitrogens is 1. The number of ether oxygens (including phenoxy) is 1. The first kappa shape index (κ1) is 75.4. The lowest BCUT2D eigenvalue weighted by atomic mass is 10.1. The monoisotopic (exact) mass is 1360 g/mol. The number of carboxylic acid groups (broad SMARTS) is 3. The number of alkyl halides is 2. The second-order valence-electron chi connectivity index (χ2n) is 24.9. The molecule has 2 unspecified atom stereocenters. The van der Waals surface area contributed by atoms with E-state index in [-0.39, 0.29) is 151 Å². The van der Waals surface area contributed by atoms with Crippen LogP contribution in [0.4, 0.5) is 8.78 Å². The van der Waals surface area contributed by atoms with Gasteiger partial charge in [0.25, 0.3) is 11.8 Å². The van der Waals surface area contributed by atoms with Crippen molar-refractivity contribution in [3.63, 3.8) is 0 Å². The van der Waals surface area contributed by atoms with E-state index in [0.717, 1.165) is 24.2 Å². The molecule has 96 heavy (non-hydrogen) atoms. The molecular weight excluding hydrogens is 1270 g/mol. The number of carbonyl (C=O) groups is 10. The Bertz CT molecular complexity index is 3180. The van der Waals surface area contributed by atoms with Gasteiger partial charge in [0.2, 0.25) is 35.4 Å². The maximum atomic E-state index is 14.0. The molecule has 0 bridgehead atoms. The standard InChI is InChI=1S/C66H91F2N13O14S/c1-47-12-14-48(15-13-47)8-5-10-56(82)71-19-4-2-3-9-51(40-72-57(83)42-75-23-25-76(43-61(87)88)27-29-78(45-63(91)92)30-28-77(26-24-75)44-62(89)90)96-55-37-59(85)80(65(55)94)22-6-11-58(84)79-33-31-74(32-34-79)21-7-35-95-50-16-17-54-53(36-50)52(18-20-70-54)64(93)73-41-60(86)81-46-66(67,68)38-49(81)39-69/h12-18,20,36,49,51,55H,2-11,19,21-35,37-38,40-46H2,1H3,(H,71,82)(H,72,83)(H,73,93)(H,87,88)(H,89,90)(H,91,92)/t49-,51?,55?/m1/s1. The number of carboxylic acids is 3. The third-order valence-corrected chi connectivity index (χ3v) is 18.9. The third-order valence-electron chi connectivity index (χ3n) is 17.5. The molecule has 3 aromatic rings. The van der Waals surface area contributed by atoms with Crippen LogP contribution >= 0.6 is 11.8 Å². The van der Waals surface area contributed by atoms with Gasteiger partial charge in [0.05, 0.1) is 68.3 Å². The van der Waals surface area contributed by atoms with Crippen LogP contribution in [0.1, 0.15) is 92.1 Å². The van der Waals surface area contributed by atoms with Crippen molar-refractivity contribution >= 4 is 81.9 Å². The van der Waals surface area contributed by atoms with Crippen LogP contribution in [0.5, 0.6) is 5.75 Å². The first-order valence-electron chi connectivity index (χ1n) is 33.0. The number of amides is 7. The fraction of sp³-hybridized carbons (Fsp3) is 0.606. The number of carbonyl (C=O) groups excluding carboxylic acids is 7. The molecule has 5 heterocycles. The van der Waals surface area contributed by atoms with Gasteiger partial charge in [-0.2, -0.15) is 5.26 Å². The highest BCUT2D eigenvalue weighted by Gasteiger charge is 2.47. The third kappa shape index (κ3) is 25.2. The van der Waals surface area contributed by atoms with Gasteiger partial charge in [-0.1, -0.05) is 42.7 Å². The summed E-state index contributed by atoms with van der Waals surface area (Å²) in [6, 6.07) is 15.2. The molecule has 4 saturated heterocycles. The summed E-state index contributed by atoms with van der Waals surface area (Å²) in [7, 11) is 0. The Labute approximate surface area is 562 Å². The number of aryl methyl sites for hydroxylation is 2. The van der Waals surface area contributed by atoms with E-state index in [1.54, 1.807) is 43.9 Å². The SMILES string of the molecule is Cc1ccc(CCCC(=O)NCCCCCC(CNC(=O)CN2CCN(CC(=O)O)CCN(CC(=O)O)CCN(CC(=O)O)CC2)SC2CC(=O)N(CCCC(=O)N3CCN(CCCOc4ccc5nccc(C(=O)NCC(=O)N6CC(F)(F)C[C@@H]6C#N)c5c4)CC3)C2=O)cc1. The summed E-state index contributed by atoms with van der Waals surface area (Å²) in [5.41, 5.74) is 3.04. The van der Waals surface area contributed by atoms with Gasteiger partial charge in [-0.15, -0.1) is 11.8 Å². The van der Waals surface area contributed by atoms with Crippen molar-refractivity contribution in [1.29, 1.82) is 5.26 Å². The maximum absolute atomic E-state index is 14.0. The molecule has 7 amide bonds. The predicted octanol–water partition coefficient (Wildman–Crippen LogP) is 2.25. The summed E-state index contributed by atoms with van der Waals surface area (Å²) in [6.45, 7) is 5.38. The van der Waals surface area contributed by atoms with Crippen LogP contribution in [-0.2, 0) is 49.6 Å². The molecule has 30 heteroatoms. The summed E-state index contributed by atoms with van der Waals surface area (Å²) in [5.74, 6) is -8.49. The molecule has 3 atom stereocenters. The van der Waals surface area contributed by atoms with E-state index in [1.807, 2.05) is 11.8 Å². The second-order valence-corrected chi connectivity index (χ2v) is 26.4. The molecule has 4 aliphatic heterocycles. The topological polar surface area (TPSA) is 339 Å². The lowest BCUT2D eigenvalue weighted by Crippen LogP contribution is -2.50. The van der Waals surface area contributed by atoms with Gasteiger partial charge in [0.15, 0.2) is 0 Å². The molecule has 1 aromatic heterocycles. The number of nitriles is 1. The van der Waals surface area contributed by atoms with Crippen LogP contribution in [-0.4, -0.2) is 292 Å². The Kier molecular flexibility index (Phi) is 29.9. The minimum Gasteiger partial charge on any atom is -0.494 e. The summed E-state index contributed by atoms with van der Waals surface area (Å²) in [4.78, 5) is 146. The fourth-order valence-electron chi connectivity index (χ4n) is 12.1. The summed E-state index contributed by atoms with van der Waals surface area (Å²) >= 11 is 1.33. The van der Waals surface area contributed by atoms with Gasteiger partial charge < -0.3 is 45.8 Å². The zero-order chi connectivity index (χ0) is 69.2. The van der Waals surface area contributed by atoms with E-state index < -0.39 is 66.4 Å². The Balaban J connectivity index is 0.853. The molecule has 0 saturated carbocycles. The molecule has 4 fully saturated rings. The minimum absolute atomic E-state index is 0.0209. The molecule has 27 nitrogen and oxygen atoms in total. The molecule has 6 N–H and O–H groups in total. The van der Waals surface area contributed by atoms with E-state index in [0.29, 0.717) is 94.6 Å². The Morgan fingerprint density at radius 1 is 0.698 bits per heavy atom. The maximum Gasteiger partial charge on any atom is 0.317 e. The highest BCUT2D eigenvalue weighted by atomic mass is 32.2. The highest BCUT2D eigenvalue weighted by Crippen LogP contribution is 2.33. The van der Waals surface area contributed by atoms with Crippen molar-refractivity contribution in [2.75, 3.05) is 151 Å². The Morgan fingerprint density at radius 2 is 1.32 bits per heavy atom. The number of nitrogens with zero attached hydrogens (tertiary/aromatic N) is 10. The second kappa shape index (κ2) is 38.1. The molecule has 0 radical (unpaired) electrons. The zero-order valence-electron chi connectivity index (χ0n) is 54.6. The predicted molar refractivity (Wildman–Crippen MR) is 351 cm³/mol. The zero-order valence-corrected chi connectivity index (χ0v) is 55.5. The van der Waals surface area contributed by atoms with Gasteiger partial charge in [0, 0.05) is 147 Å². The smallest absolute Gasteiger partial charge is 0.317 e. The van der Waals surface area contributed by atoms with Crippen LogP contribution in [0.3, 0.4) is 0 Å². The summed E-state index contributed by atoms with van der Waals surface area (Å²) in [6.07, 6.45) is 6.35. The van der Waals surface area contributed by atoms with Crippen molar-refractivity contribution in [3.05, 3.63) is 71.4 Å². The number of aliphatic carboxylic acids is 3.